The summed E-state index contributed by atoms with van der Waals surface area (Å²) in [5.41, 5.74) is 1.00. The lowest BCUT2D eigenvalue weighted by atomic mass is 9.85. The second-order valence-electron chi connectivity index (χ2n) is 7.98. The molecule has 3 rings (SSSR count). The van der Waals surface area contributed by atoms with Crippen LogP contribution < -0.4 is 16.0 Å². The molecule has 2 atom stereocenters. The molecular weight excluding hydrogens is 482 g/mol. The van der Waals surface area contributed by atoms with Crippen LogP contribution >= 0.6 is 24.0 Å². The molecular formula is C22H34FIN4O. The zero-order chi connectivity index (χ0) is 19.8. The Balaban J connectivity index is 0.00000300. The number of rotatable bonds is 8. The number of carbonyl (C=O) groups excluding carboxylic acids is 1. The van der Waals surface area contributed by atoms with Gasteiger partial charge in [-0.1, -0.05) is 18.6 Å². The maximum Gasteiger partial charge on any atom is 0.223 e. The minimum atomic E-state index is -0.186. The van der Waals surface area contributed by atoms with Gasteiger partial charge in [0, 0.05) is 31.1 Å². The Morgan fingerprint density at radius 3 is 2.72 bits per heavy atom. The molecule has 0 saturated heterocycles. The van der Waals surface area contributed by atoms with Gasteiger partial charge in [0.05, 0.1) is 0 Å². The molecule has 0 bridgehead atoms. The van der Waals surface area contributed by atoms with E-state index in [1.807, 2.05) is 6.07 Å². The van der Waals surface area contributed by atoms with E-state index >= 15 is 0 Å². The topological polar surface area (TPSA) is 65.5 Å². The Kier molecular flexibility index (Phi) is 10.2. The van der Waals surface area contributed by atoms with E-state index in [0.29, 0.717) is 12.6 Å². The average Bonchev–Trinajstić information content (AvgIpc) is 3.49. The van der Waals surface area contributed by atoms with Crippen LogP contribution in [0.25, 0.3) is 0 Å². The zero-order valence-electron chi connectivity index (χ0n) is 17.3. The lowest BCUT2D eigenvalue weighted by Crippen LogP contribution is -2.47. The van der Waals surface area contributed by atoms with Crippen molar-refractivity contribution in [3.05, 3.63) is 35.6 Å². The van der Waals surface area contributed by atoms with Crippen molar-refractivity contribution in [2.45, 2.75) is 70.4 Å². The number of benzene rings is 1. The van der Waals surface area contributed by atoms with Crippen LogP contribution in [-0.2, 0) is 11.2 Å². The SMILES string of the molecule is CCNC(=NCCCc1cccc(F)c1)NC1CCCC(C(=O)NC2CC2)C1.I. The smallest absolute Gasteiger partial charge is 0.223 e. The molecule has 2 aliphatic rings. The first-order valence-corrected chi connectivity index (χ1v) is 10.7. The summed E-state index contributed by atoms with van der Waals surface area (Å²) in [4.78, 5) is 17.0. The second-order valence-corrected chi connectivity index (χ2v) is 7.98. The Morgan fingerprint density at radius 1 is 1.17 bits per heavy atom. The van der Waals surface area contributed by atoms with Crippen LogP contribution in [0.15, 0.2) is 29.3 Å². The molecule has 1 amide bonds. The Labute approximate surface area is 190 Å². The first-order valence-electron chi connectivity index (χ1n) is 10.7. The van der Waals surface area contributed by atoms with Crippen molar-refractivity contribution in [2.24, 2.45) is 10.9 Å². The number of hydrogen-bond donors (Lipinski definition) is 3. The van der Waals surface area contributed by atoms with Gasteiger partial charge >= 0.3 is 0 Å². The molecule has 5 nitrogen and oxygen atoms in total. The van der Waals surface area contributed by atoms with E-state index in [-0.39, 0.29) is 47.7 Å². The standard InChI is InChI=1S/C22H33FN4O.HI/c1-2-24-22(25-13-5-7-16-6-3-9-18(23)14-16)27-20-10-4-8-17(15-20)21(28)26-19-11-12-19;/h3,6,9,14,17,19-20H,2,4-5,7-8,10-13,15H2,1H3,(H,26,28)(H2,24,25,27);1H. The predicted octanol–water partition coefficient (Wildman–Crippen LogP) is 3.77. The predicted molar refractivity (Wildman–Crippen MR) is 126 cm³/mol. The van der Waals surface area contributed by atoms with Crippen molar-refractivity contribution in [1.29, 1.82) is 0 Å². The summed E-state index contributed by atoms with van der Waals surface area (Å²) in [7, 11) is 0. The van der Waals surface area contributed by atoms with Gasteiger partial charge in [0.1, 0.15) is 5.82 Å². The van der Waals surface area contributed by atoms with Gasteiger partial charge in [-0.2, -0.15) is 0 Å². The van der Waals surface area contributed by atoms with E-state index < -0.39 is 0 Å². The fraction of sp³-hybridized carbons (Fsp3) is 0.636. The Hall–Kier alpha value is -1.38. The van der Waals surface area contributed by atoms with Crippen LogP contribution in [-0.4, -0.2) is 37.0 Å². The van der Waals surface area contributed by atoms with Gasteiger partial charge in [0.15, 0.2) is 5.96 Å². The van der Waals surface area contributed by atoms with Crippen molar-refractivity contribution in [3.63, 3.8) is 0 Å². The molecule has 2 aliphatic carbocycles. The number of carbonyl (C=O) groups is 1. The van der Waals surface area contributed by atoms with Gasteiger partial charge in [0.25, 0.3) is 0 Å². The zero-order valence-corrected chi connectivity index (χ0v) is 19.6. The van der Waals surface area contributed by atoms with Crippen LogP contribution in [0, 0.1) is 11.7 Å². The quantitative estimate of drug-likeness (QED) is 0.213. The molecule has 7 heteroatoms. The van der Waals surface area contributed by atoms with Gasteiger partial charge in [-0.25, -0.2) is 4.39 Å². The highest BCUT2D eigenvalue weighted by Crippen LogP contribution is 2.26. The van der Waals surface area contributed by atoms with E-state index in [1.165, 1.54) is 6.07 Å². The molecule has 0 heterocycles. The van der Waals surface area contributed by atoms with E-state index in [0.717, 1.165) is 69.4 Å². The molecule has 0 spiro atoms. The summed E-state index contributed by atoms with van der Waals surface area (Å²) < 4.78 is 13.3. The summed E-state index contributed by atoms with van der Waals surface area (Å²) in [6, 6.07) is 7.46. The Bertz CT molecular complexity index is 681. The van der Waals surface area contributed by atoms with E-state index in [1.54, 1.807) is 12.1 Å². The number of amides is 1. The van der Waals surface area contributed by atoms with Gasteiger partial charge in [-0.3, -0.25) is 9.79 Å². The summed E-state index contributed by atoms with van der Waals surface area (Å²) >= 11 is 0. The van der Waals surface area contributed by atoms with Gasteiger partial charge in [0.2, 0.25) is 5.91 Å². The lowest BCUT2D eigenvalue weighted by Gasteiger charge is -2.30. The highest BCUT2D eigenvalue weighted by molar-refractivity contribution is 14.0. The van der Waals surface area contributed by atoms with Crippen LogP contribution in [0.3, 0.4) is 0 Å². The van der Waals surface area contributed by atoms with Gasteiger partial charge < -0.3 is 16.0 Å². The van der Waals surface area contributed by atoms with Crippen molar-refractivity contribution in [2.75, 3.05) is 13.1 Å². The minimum Gasteiger partial charge on any atom is -0.357 e. The molecule has 0 aromatic heterocycles. The first kappa shape index (κ1) is 23.9. The Morgan fingerprint density at radius 2 is 2.00 bits per heavy atom. The normalized spacial score (nSPS) is 21.8. The number of nitrogens with zero attached hydrogens (tertiary/aromatic N) is 1. The summed E-state index contributed by atoms with van der Waals surface area (Å²) in [5, 5.41) is 9.96. The fourth-order valence-corrected chi connectivity index (χ4v) is 3.79. The third-order valence-electron chi connectivity index (χ3n) is 5.44. The largest absolute Gasteiger partial charge is 0.357 e. The van der Waals surface area contributed by atoms with Crippen molar-refractivity contribution in [3.8, 4) is 0 Å². The van der Waals surface area contributed by atoms with Crippen molar-refractivity contribution >= 4 is 35.8 Å². The third-order valence-corrected chi connectivity index (χ3v) is 5.44. The number of aryl methyl sites for hydroxylation is 1. The van der Waals surface area contributed by atoms with Crippen LogP contribution in [0.2, 0.25) is 0 Å². The molecule has 1 aromatic carbocycles. The number of hydrogen-bond acceptors (Lipinski definition) is 2. The second kappa shape index (κ2) is 12.3. The summed E-state index contributed by atoms with van der Waals surface area (Å²) in [6.07, 6.45) is 7.94. The number of aliphatic imine (C=N–C) groups is 1. The molecule has 2 saturated carbocycles. The molecule has 0 aliphatic heterocycles. The molecule has 2 fully saturated rings. The summed E-state index contributed by atoms with van der Waals surface area (Å²) in [6.45, 7) is 3.54. The highest BCUT2D eigenvalue weighted by atomic mass is 127. The maximum absolute atomic E-state index is 13.3. The monoisotopic (exact) mass is 516 g/mol. The molecule has 3 N–H and O–H groups in total. The fourth-order valence-electron chi connectivity index (χ4n) is 3.79. The molecule has 0 radical (unpaired) electrons. The third kappa shape index (κ3) is 8.48. The first-order chi connectivity index (χ1) is 13.6. The maximum atomic E-state index is 13.3. The van der Waals surface area contributed by atoms with Crippen LogP contribution in [0.4, 0.5) is 4.39 Å². The molecule has 162 valence electrons. The van der Waals surface area contributed by atoms with Gasteiger partial charge in [-0.05, 0) is 69.6 Å². The minimum absolute atomic E-state index is 0. The van der Waals surface area contributed by atoms with Crippen molar-refractivity contribution < 1.29 is 9.18 Å². The molecule has 29 heavy (non-hydrogen) atoms. The molecule has 1 aromatic rings. The lowest BCUT2D eigenvalue weighted by molar-refractivity contribution is -0.126. The average molecular weight is 516 g/mol. The van der Waals surface area contributed by atoms with Crippen LogP contribution in [0.5, 0.6) is 0 Å². The van der Waals surface area contributed by atoms with E-state index in [2.05, 4.69) is 27.9 Å². The van der Waals surface area contributed by atoms with E-state index in [9.17, 15) is 9.18 Å². The van der Waals surface area contributed by atoms with Gasteiger partial charge in [-0.15, -0.1) is 24.0 Å². The van der Waals surface area contributed by atoms with Crippen molar-refractivity contribution in [1.82, 2.24) is 16.0 Å². The van der Waals surface area contributed by atoms with E-state index in [4.69, 9.17) is 0 Å². The number of nitrogens with one attached hydrogen (secondary N) is 3. The van der Waals surface area contributed by atoms with Crippen LogP contribution in [0.1, 0.15) is 57.4 Å². The number of halogens is 2. The summed E-state index contributed by atoms with van der Waals surface area (Å²) in [5.74, 6) is 0.970. The number of guanidine groups is 1. The molecule has 2 unspecified atom stereocenters. The highest BCUT2D eigenvalue weighted by Gasteiger charge is 2.31.